The van der Waals surface area contributed by atoms with Crippen LogP contribution in [0.15, 0.2) is 0 Å². The Morgan fingerprint density at radius 1 is 1.06 bits per heavy atom. The molecule has 0 spiro atoms. The highest BCUT2D eigenvalue weighted by Crippen LogP contribution is 2.31. The van der Waals surface area contributed by atoms with E-state index in [0.717, 1.165) is 0 Å². The molecule has 0 amide bonds. The molecule has 17 heavy (non-hydrogen) atoms. The molecule has 0 aromatic carbocycles. The predicted octanol–water partition coefficient (Wildman–Crippen LogP) is 1.16. The maximum Gasteiger partial charge on any atom is 0.303 e. The highest BCUT2D eigenvalue weighted by atomic mass is 32.1. The molecule has 5 atom stereocenters. The monoisotopic (exact) mass is 262 g/mol. The lowest BCUT2D eigenvalue weighted by Crippen LogP contribution is -2.54. The first-order valence-electron chi connectivity index (χ1n) is 5.51. The van der Waals surface area contributed by atoms with E-state index in [4.69, 9.17) is 14.2 Å². The molecule has 5 nitrogen and oxygen atoms in total. The van der Waals surface area contributed by atoms with Crippen LogP contribution in [0.1, 0.15) is 27.7 Å². The molecule has 1 aliphatic rings. The van der Waals surface area contributed by atoms with Crippen molar-refractivity contribution in [1.82, 2.24) is 0 Å². The van der Waals surface area contributed by atoms with Gasteiger partial charge in [-0.15, -0.1) is 12.6 Å². The van der Waals surface area contributed by atoms with Gasteiger partial charge in [0.25, 0.3) is 0 Å². The van der Waals surface area contributed by atoms with E-state index in [1.807, 2.05) is 13.8 Å². The van der Waals surface area contributed by atoms with Crippen molar-refractivity contribution < 1.29 is 23.8 Å². The Balaban J connectivity index is 2.86. The fourth-order valence-electron chi connectivity index (χ4n) is 1.83. The number of thiol groups is 1. The van der Waals surface area contributed by atoms with Gasteiger partial charge in [-0.2, -0.15) is 0 Å². The molecular formula is C11H18O5S. The maximum absolute atomic E-state index is 11.1. The molecule has 1 saturated heterocycles. The minimum Gasteiger partial charge on any atom is -0.458 e. The van der Waals surface area contributed by atoms with Crippen molar-refractivity contribution in [3.05, 3.63) is 0 Å². The first-order valence-corrected chi connectivity index (χ1v) is 6.02. The molecule has 1 fully saturated rings. The fraction of sp³-hybridized carbons (Fsp3) is 0.818. The second-order valence-corrected chi connectivity index (χ2v) is 4.75. The molecule has 0 bridgehead atoms. The molecule has 0 N–H and O–H groups in total. The van der Waals surface area contributed by atoms with Gasteiger partial charge in [0.05, 0.1) is 6.10 Å². The zero-order chi connectivity index (χ0) is 13.2. The molecule has 0 radical (unpaired) electrons. The van der Waals surface area contributed by atoms with Crippen molar-refractivity contribution in [2.75, 3.05) is 0 Å². The van der Waals surface area contributed by atoms with E-state index in [9.17, 15) is 9.59 Å². The number of carbonyl (C=O) groups is 2. The van der Waals surface area contributed by atoms with Gasteiger partial charge in [0.15, 0.2) is 6.10 Å². The second-order valence-electron chi connectivity index (χ2n) is 4.24. The fourth-order valence-corrected chi connectivity index (χ4v) is 2.26. The molecule has 1 rings (SSSR count). The average molecular weight is 262 g/mol. The summed E-state index contributed by atoms with van der Waals surface area (Å²) in [4.78, 5) is 22.1. The maximum atomic E-state index is 11.1. The van der Waals surface area contributed by atoms with E-state index in [1.165, 1.54) is 13.8 Å². The van der Waals surface area contributed by atoms with Gasteiger partial charge in [0.2, 0.25) is 0 Å². The normalized spacial score (nSPS) is 37.4. The topological polar surface area (TPSA) is 61.8 Å². The Morgan fingerprint density at radius 2 is 1.53 bits per heavy atom. The molecule has 0 aromatic heterocycles. The van der Waals surface area contributed by atoms with Crippen molar-refractivity contribution in [1.29, 1.82) is 0 Å². The summed E-state index contributed by atoms with van der Waals surface area (Å²) < 4.78 is 15.9. The van der Waals surface area contributed by atoms with Crippen LogP contribution in [0.25, 0.3) is 0 Å². The Hall–Kier alpha value is -0.750. The van der Waals surface area contributed by atoms with Gasteiger partial charge in [-0.3, -0.25) is 9.59 Å². The lowest BCUT2D eigenvalue weighted by molar-refractivity contribution is -0.204. The molecule has 5 unspecified atom stereocenters. The van der Waals surface area contributed by atoms with Crippen molar-refractivity contribution in [2.45, 2.75) is 51.4 Å². The van der Waals surface area contributed by atoms with Gasteiger partial charge in [0.1, 0.15) is 11.5 Å². The third-order valence-corrected chi connectivity index (χ3v) is 3.24. The predicted molar refractivity (Wildman–Crippen MR) is 63.6 cm³/mol. The van der Waals surface area contributed by atoms with Crippen LogP contribution < -0.4 is 0 Å². The van der Waals surface area contributed by atoms with E-state index in [2.05, 4.69) is 12.6 Å². The highest BCUT2D eigenvalue weighted by Gasteiger charge is 2.44. The molecule has 1 aliphatic heterocycles. The zero-order valence-corrected chi connectivity index (χ0v) is 11.3. The molecule has 0 aliphatic carbocycles. The van der Waals surface area contributed by atoms with Gasteiger partial charge in [-0.25, -0.2) is 0 Å². The SMILES string of the molecule is CC(=O)OC1C(S)OC(C)C(C)C1OC(C)=O. The summed E-state index contributed by atoms with van der Waals surface area (Å²) in [5.41, 5.74) is -0.588. The third kappa shape index (κ3) is 3.61. The summed E-state index contributed by atoms with van der Waals surface area (Å²) in [5, 5.41) is 0. The van der Waals surface area contributed by atoms with Crippen LogP contribution in [0.4, 0.5) is 0 Å². The van der Waals surface area contributed by atoms with Crippen molar-refractivity contribution in [2.24, 2.45) is 5.92 Å². The minimum atomic E-state index is -0.675. The van der Waals surface area contributed by atoms with Crippen molar-refractivity contribution >= 4 is 24.6 Å². The number of rotatable bonds is 2. The van der Waals surface area contributed by atoms with Gasteiger partial charge >= 0.3 is 11.9 Å². The largest absolute Gasteiger partial charge is 0.458 e. The Labute approximate surface area is 106 Å². The Bertz CT molecular complexity index is 306. The highest BCUT2D eigenvalue weighted by molar-refractivity contribution is 7.80. The summed E-state index contributed by atoms with van der Waals surface area (Å²) >= 11 is 4.22. The van der Waals surface area contributed by atoms with E-state index in [-0.39, 0.29) is 12.0 Å². The smallest absolute Gasteiger partial charge is 0.303 e. The van der Waals surface area contributed by atoms with Crippen LogP contribution in [-0.4, -0.2) is 35.7 Å². The first-order chi connectivity index (χ1) is 7.82. The van der Waals surface area contributed by atoms with Crippen LogP contribution in [0.3, 0.4) is 0 Å². The van der Waals surface area contributed by atoms with Crippen LogP contribution in [0, 0.1) is 5.92 Å². The third-order valence-electron chi connectivity index (χ3n) is 2.82. The molecule has 1 heterocycles. The van der Waals surface area contributed by atoms with Crippen LogP contribution in [0.5, 0.6) is 0 Å². The van der Waals surface area contributed by atoms with Crippen LogP contribution in [-0.2, 0) is 23.8 Å². The quantitative estimate of drug-likeness (QED) is 0.597. The van der Waals surface area contributed by atoms with Crippen molar-refractivity contribution in [3.63, 3.8) is 0 Å². The standard InChI is InChI=1S/C11H18O5S/c1-5-6(2)14-11(17)10(16-8(4)13)9(5)15-7(3)12/h5-6,9-11,17H,1-4H3. The lowest BCUT2D eigenvalue weighted by Gasteiger charge is -2.41. The summed E-state index contributed by atoms with van der Waals surface area (Å²) in [6.45, 7) is 6.38. The number of ether oxygens (including phenoxy) is 3. The van der Waals surface area contributed by atoms with Gasteiger partial charge in [-0.1, -0.05) is 6.92 Å². The summed E-state index contributed by atoms with van der Waals surface area (Å²) in [5.74, 6) is -0.920. The Kier molecular flexibility index (Phi) is 4.82. The molecule has 6 heteroatoms. The summed E-state index contributed by atoms with van der Waals surface area (Å²) in [7, 11) is 0. The van der Waals surface area contributed by atoms with E-state index in [0.29, 0.717) is 0 Å². The summed E-state index contributed by atoms with van der Waals surface area (Å²) in [6, 6.07) is 0. The van der Waals surface area contributed by atoms with E-state index < -0.39 is 29.6 Å². The van der Waals surface area contributed by atoms with Crippen molar-refractivity contribution in [3.8, 4) is 0 Å². The van der Waals surface area contributed by atoms with Gasteiger partial charge in [-0.05, 0) is 6.92 Å². The Morgan fingerprint density at radius 3 is 2.00 bits per heavy atom. The number of esters is 2. The minimum absolute atomic E-state index is 0.0633. The molecule has 0 aromatic rings. The number of hydrogen-bond acceptors (Lipinski definition) is 6. The van der Waals surface area contributed by atoms with Gasteiger partial charge in [0, 0.05) is 19.8 Å². The van der Waals surface area contributed by atoms with Crippen LogP contribution >= 0.6 is 12.6 Å². The zero-order valence-electron chi connectivity index (χ0n) is 10.4. The average Bonchev–Trinajstić information content (AvgIpc) is 2.19. The second kappa shape index (κ2) is 5.73. The van der Waals surface area contributed by atoms with Crippen LogP contribution in [0.2, 0.25) is 0 Å². The number of hydrogen-bond donors (Lipinski definition) is 1. The van der Waals surface area contributed by atoms with E-state index >= 15 is 0 Å². The molecule has 98 valence electrons. The first kappa shape index (κ1) is 14.3. The summed E-state index contributed by atoms with van der Waals surface area (Å²) in [6.07, 6.45) is -1.32. The lowest BCUT2D eigenvalue weighted by atomic mass is 9.92. The molecular weight excluding hydrogens is 244 g/mol. The van der Waals surface area contributed by atoms with Gasteiger partial charge < -0.3 is 14.2 Å². The van der Waals surface area contributed by atoms with E-state index in [1.54, 1.807) is 0 Å². The molecule has 0 saturated carbocycles. The number of carbonyl (C=O) groups excluding carboxylic acids is 2.